The molecule has 0 saturated carbocycles. The van der Waals surface area contributed by atoms with Crippen LogP contribution in [0.25, 0.3) is 0 Å². The van der Waals surface area contributed by atoms with Crippen LogP contribution in [0.2, 0.25) is 0 Å². The van der Waals surface area contributed by atoms with Gasteiger partial charge in [-0.05, 0) is 80.4 Å². The largest absolute Gasteiger partial charge is 0.486 e. The summed E-state index contributed by atoms with van der Waals surface area (Å²) in [6.45, 7) is 0.770. The third kappa shape index (κ3) is 5.55. The molecule has 0 saturated heterocycles. The molecule has 0 bridgehead atoms. The molecule has 0 unspecified atom stereocenters. The van der Waals surface area contributed by atoms with E-state index in [4.69, 9.17) is 9.47 Å². The topological polar surface area (TPSA) is 31.4 Å². The van der Waals surface area contributed by atoms with Crippen LogP contribution < -0.4 is 9.47 Å². The minimum absolute atomic E-state index is 0.385. The van der Waals surface area contributed by atoms with Gasteiger partial charge in [0.25, 0.3) is 0 Å². The first-order valence-corrected chi connectivity index (χ1v) is 10.8. The normalized spacial score (nSPS) is 10.6. The van der Waals surface area contributed by atoms with Crippen molar-refractivity contribution in [3.05, 3.63) is 83.9 Å². The molecule has 1 heterocycles. The van der Waals surface area contributed by atoms with E-state index >= 15 is 0 Å². The van der Waals surface area contributed by atoms with Crippen molar-refractivity contribution in [1.82, 2.24) is 4.98 Å². The highest BCUT2D eigenvalue weighted by molar-refractivity contribution is 9.11. The monoisotopic (exact) mass is 603 g/mol. The van der Waals surface area contributed by atoms with Gasteiger partial charge in [-0.15, -0.1) is 0 Å². The van der Waals surface area contributed by atoms with Gasteiger partial charge in [0, 0.05) is 8.95 Å². The lowest BCUT2D eigenvalue weighted by Gasteiger charge is -2.11. The molecule has 0 aliphatic carbocycles. The number of aromatic nitrogens is 1. The smallest absolute Gasteiger partial charge is 0.134 e. The second-order valence-corrected chi connectivity index (χ2v) is 8.89. The quantitative estimate of drug-likeness (QED) is 0.295. The van der Waals surface area contributed by atoms with Crippen LogP contribution >= 0.6 is 63.7 Å². The summed E-state index contributed by atoms with van der Waals surface area (Å²) in [6, 6.07) is 17.4. The highest BCUT2D eigenvalue weighted by atomic mass is 79.9. The molecule has 26 heavy (non-hydrogen) atoms. The Morgan fingerprint density at radius 2 is 1.12 bits per heavy atom. The van der Waals surface area contributed by atoms with Crippen molar-refractivity contribution < 1.29 is 9.47 Å². The SMILES string of the molecule is Brc1ccc(OCc2cccc(COc3ccc(Br)cc3Br)n2)c(Br)c1. The molecule has 7 heteroatoms. The van der Waals surface area contributed by atoms with Gasteiger partial charge < -0.3 is 9.47 Å². The van der Waals surface area contributed by atoms with Crippen LogP contribution in [0.15, 0.2) is 72.5 Å². The highest BCUT2D eigenvalue weighted by Gasteiger charge is 2.06. The standard InChI is InChI=1S/C19H13Br4NO2/c20-12-4-6-18(16(22)8-12)25-10-14-2-1-3-15(24-14)11-26-19-7-5-13(21)9-17(19)23/h1-9H,10-11H2. The van der Waals surface area contributed by atoms with Crippen molar-refractivity contribution in [3.63, 3.8) is 0 Å². The van der Waals surface area contributed by atoms with Crippen molar-refractivity contribution in [3.8, 4) is 11.5 Å². The molecular weight excluding hydrogens is 594 g/mol. The summed E-state index contributed by atoms with van der Waals surface area (Å²) in [6.07, 6.45) is 0. The van der Waals surface area contributed by atoms with Crippen LogP contribution in [-0.2, 0) is 13.2 Å². The number of ether oxygens (including phenoxy) is 2. The number of benzene rings is 2. The van der Waals surface area contributed by atoms with Crippen LogP contribution in [-0.4, -0.2) is 4.98 Å². The summed E-state index contributed by atoms with van der Waals surface area (Å²) in [5.74, 6) is 1.55. The van der Waals surface area contributed by atoms with Gasteiger partial charge >= 0.3 is 0 Å². The van der Waals surface area contributed by atoms with Crippen molar-refractivity contribution in [2.75, 3.05) is 0 Å². The number of hydrogen-bond acceptors (Lipinski definition) is 3. The lowest BCUT2D eigenvalue weighted by Crippen LogP contribution is -2.04. The molecule has 0 radical (unpaired) electrons. The lowest BCUT2D eigenvalue weighted by atomic mass is 10.3. The molecule has 134 valence electrons. The maximum absolute atomic E-state index is 5.84. The molecule has 3 nitrogen and oxygen atoms in total. The molecule has 0 atom stereocenters. The average Bonchev–Trinajstić information content (AvgIpc) is 2.61. The van der Waals surface area contributed by atoms with E-state index in [9.17, 15) is 0 Å². The first-order chi connectivity index (χ1) is 12.5. The number of pyridine rings is 1. The van der Waals surface area contributed by atoms with Gasteiger partial charge in [0.15, 0.2) is 0 Å². The number of rotatable bonds is 6. The first-order valence-electron chi connectivity index (χ1n) is 7.62. The number of hydrogen-bond donors (Lipinski definition) is 0. The van der Waals surface area contributed by atoms with Gasteiger partial charge in [-0.1, -0.05) is 37.9 Å². The molecule has 0 aliphatic rings. The summed E-state index contributed by atoms with van der Waals surface area (Å²) in [4.78, 5) is 4.60. The van der Waals surface area contributed by atoms with Crippen LogP contribution in [0.4, 0.5) is 0 Å². The first kappa shape index (κ1) is 19.9. The maximum Gasteiger partial charge on any atom is 0.134 e. The van der Waals surface area contributed by atoms with Crippen molar-refractivity contribution in [1.29, 1.82) is 0 Å². The Kier molecular flexibility index (Phi) is 7.14. The lowest BCUT2D eigenvalue weighted by molar-refractivity contribution is 0.288. The van der Waals surface area contributed by atoms with Gasteiger partial charge in [-0.25, -0.2) is 0 Å². The summed E-state index contributed by atoms with van der Waals surface area (Å²) in [5, 5.41) is 0. The molecule has 0 amide bonds. The summed E-state index contributed by atoms with van der Waals surface area (Å²) in [7, 11) is 0. The fourth-order valence-corrected chi connectivity index (χ4v) is 4.50. The average molecular weight is 607 g/mol. The Bertz CT molecular complexity index is 847. The van der Waals surface area contributed by atoms with Gasteiger partial charge in [0.1, 0.15) is 24.7 Å². The zero-order valence-electron chi connectivity index (χ0n) is 13.4. The molecule has 0 N–H and O–H groups in total. The van der Waals surface area contributed by atoms with E-state index in [1.165, 1.54) is 0 Å². The predicted molar refractivity (Wildman–Crippen MR) is 117 cm³/mol. The molecular formula is C19H13Br4NO2. The summed E-state index contributed by atoms with van der Waals surface area (Å²) < 4.78 is 15.5. The predicted octanol–water partition coefficient (Wildman–Crippen LogP) is 7.29. The van der Waals surface area contributed by atoms with E-state index in [2.05, 4.69) is 68.7 Å². The summed E-state index contributed by atoms with van der Waals surface area (Å²) in [5.41, 5.74) is 1.69. The van der Waals surface area contributed by atoms with Crippen LogP contribution in [0.5, 0.6) is 11.5 Å². The Balaban J connectivity index is 1.62. The van der Waals surface area contributed by atoms with Crippen molar-refractivity contribution in [2.45, 2.75) is 13.2 Å². The minimum Gasteiger partial charge on any atom is -0.486 e. The molecule has 3 aromatic rings. The van der Waals surface area contributed by atoms with Crippen molar-refractivity contribution >= 4 is 63.7 Å². The minimum atomic E-state index is 0.385. The molecule has 0 spiro atoms. The Hall–Kier alpha value is -0.890. The fraction of sp³-hybridized carbons (Fsp3) is 0.105. The van der Waals surface area contributed by atoms with Gasteiger partial charge in [-0.2, -0.15) is 0 Å². The van der Waals surface area contributed by atoms with E-state index < -0.39 is 0 Å². The number of nitrogens with zero attached hydrogens (tertiary/aromatic N) is 1. The second kappa shape index (κ2) is 9.35. The zero-order chi connectivity index (χ0) is 18.5. The van der Waals surface area contributed by atoms with Crippen LogP contribution in [0, 0.1) is 0 Å². The van der Waals surface area contributed by atoms with Crippen LogP contribution in [0.3, 0.4) is 0 Å². The fourth-order valence-electron chi connectivity index (χ4n) is 2.18. The number of halogens is 4. The third-order valence-electron chi connectivity index (χ3n) is 3.40. The maximum atomic E-state index is 5.84. The van der Waals surface area contributed by atoms with E-state index in [1.807, 2.05) is 54.6 Å². The van der Waals surface area contributed by atoms with E-state index in [0.29, 0.717) is 13.2 Å². The summed E-state index contributed by atoms with van der Waals surface area (Å²) >= 11 is 13.8. The highest BCUT2D eigenvalue weighted by Crippen LogP contribution is 2.30. The van der Waals surface area contributed by atoms with Gasteiger partial charge in [0.05, 0.1) is 20.3 Å². The second-order valence-electron chi connectivity index (χ2n) is 5.35. The van der Waals surface area contributed by atoms with Gasteiger partial charge in [-0.3, -0.25) is 4.98 Å². The van der Waals surface area contributed by atoms with E-state index in [0.717, 1.165) is 40.8 Å². The van der Waals surface area contributed by atoms with Crippen LogP contribution in [0.1, 0.15) is 11.4 Å². The molecule has 0 aliphatic heterocycles. The Morgan fingerprint density at radius 1 is 0.654 bits per heavy atom. The molecule has 2 aromatic carbocycles. The van der Waals surface area contributed by atoms with E-state index in [1.54, 1.807) is 0 Å². The van der Waals surface area contributed by atoms with Crippen molar-refractivity contribution in [2.24, 2.45) is 0 Å². The van der Waals surface area contributed by atoms with E-state index in [-0.39, 0.29) is 0 Å². The molecule has 3 rings (SSSR count). The molecule has 1 aromatic heterocycles. The van der Waals surface area contributed by atoms with Gasteiger partial charge in [0.2, 0.25) is 0 Å². The zero-order valence-corrected chi connectivity index (χ0v) is 19.7. The molecule has 0 fully saturated rings. The third-order valence-corrected chi connectivity index (χ3v) is 5.63. The Morgan fingerprint density at radius 3 is 1.54 bits per heavy atom. The Labute approximate surface area is 185 Å².